The van der Waals surface area contributed by atoms with Crippen LogP contribution in [-0.2, 0) is 4.79 Å². The number of ether oxygens (including phenoxy) is 2. The van der Waals surface area contributed by atoms with Crippen molar-refractivity contribution in [3.05, 3.63) is 66.0 Å². The van der Waals surface area contributed by atoms with Gasteiger partial charge in [-0.05, 0) is 48.5 Å². The number of nitrogens with zero attached hydrogens (tertiary/aromatic N) is 2. The number of carbonyl (C=O) groups excluding carboxylic acids is 1. The number of hydrogen-bond acceptors (Lipinski definition) is 6. The molecule has 1 aliphatic rings. The number of rotatable bonds is 5. The second-order valence-electron chi connectivity index (χ2n) is 6.08. The maximum atomic E-state index is 13.2. The van der Waals surface area contributed by atoms with E-state index in [-0.39, 0.29) is 18.5 Å². The van der Waals surface area contributed by atoms with E-state index in [1.165, 1.54) is 18.2 Å². The average Bonchev–Trinajstić information content (AvgIpc) is 3.20. The molecule has 29 heavy (non-hydrogen) atoms. The molecule has 1 N–H and O–H groups in total. The molecule has 3 aromatic rings. The van der Waals surface area contributed by atoms with Gasteiger partial charge in [-0.25, -0.2) is 9.37 Å². The molecule has 0 unspecified atom stereocenters. The summed E-state index contributed by atoms with van der Waals surface area (Å²) in [5.74, 6) is 0.589. The third-order valence-electron chi connectivity index (χ3n) is 4.10. The Morgan fingerprint density at radius 2 is 2.03 bits per heavy atom. The molecule has 1 aliphatic heterocycles. The lowest BCUT2D eigenvalue weighted by atomic mass is 10.1. The number of benzene rings is 2. The fourth-order valence-electron chi connectivity index (χ4n) is 2.75. The van der Waals surface area contributed by atoms with Crippen molar-refractivity contribution in [1.29, 1.82) is 5.26 Å². The Kier molecular flexibility index (Phi) is 5.31. The molecule has 8 heteroatoms. The summed E-state index contributed by atoms with van der Waals surface area (Å²) < 4.78 is 23.9. The van der Waals surface area contributed by atoms with E-state index in [0.717, 1.165) is 17.3 Å². The second kappa shape index (κ2) is 8.20. The minimum absolute atomic E-state index is 0.0305. The molecule has 0 aliphatic carbocycles. The highest BCUT2D eigenvalue weighted by Gasteiger charge is 2.16. The third-order valence-corrected chi connectivity index (χ3v) is 5.09. The van der Waals surface area contributed by atoms with Crippen molar-refractivity contribution >= 4 is 23.4 Å². The number of fused-ring (bicyclic) bond motifs is 1. The molecule has 2 aromatic carbocycles. The Labute approximate surface area is 170 Å². The van der Waals surface area contributed by atoms with Crippen molar-refractivity contribution in [2.45, 2.75) is 5.03 Å². The van der Waals surface area contributed by atoms with Crippen LogP contribution in [-0.4, -0.2) is 23.4 Å². The van der Waals surface area contributed by atoms with Crippen LogP contribution < -0.4 is 14.8 Å². The van der Waals surface area contributed by atoms with Crippen LogP contribution in [0.3, 0.4) is 0 Å². The molecule has 144 valence electrons. The fraction of sp³-hybridized carbons (Fsp3) is 0.0952. The number of anilines is 1. The van der Waals surface area contributed by atoms with Crippen molar-refractivity contribution in [2.24, 2.45) is 0 Å². The summed E-state index contributed by atoms with van der Waals surface area (Å²) in [6, 6.07) is 16.6. The molecule has 4 rings (SSSR count). The molecule has 0 atom stereocenters. The molecular formula is C21H14FN3O3S. The lowest BCUT2D eigenvalue weighted by Crippen LogP contribution is -2.14. The van der Waals surface area contributed by atoms with Gasteiger partial charge in [0.05, 0.1) is 17.0 Å². The number of nitrogens with one attached hydrogen (secondary N) is 1. The molecular weight excluding hydrogens is 393 g/mol. The first-order valence-corrected chi connectivity index (χ1v) is 9.60. The van der Waals surface area contributed by atoms with E-state index in [0.29, 0.717) is 33.5 Å². The first kappa shape index (κ1) is 18.8. The van der Waals surface area contributed by atoms with Gasteiger partial charge in [-0.15, -0.1) is 0 Å². The lowest BCUT2D eigenvalue weighted by Gasteiger charge is -2.08. The van der Waals surface area contributed by atoms with Crippen LogP contribution >= 0.6 is 11.8 Å². The van der Waals surface area contributed by atoms with Gasteiger partial charge in [-0.1, -0.05) is 17.8 Å². The first-order valence-electron chi connectivity index (χ1n) is 8.62. The van der Waals surface area contributed by atoms with Crippen molar-refractivity contribution in [2.75, 3.05) is 17.9 Å². The standard InChI is InChI=1S/C21H14FN3O3S/c22-15-2-1-3-16(9-15)24-20(26)11-29-21-14(10-23)4-6-17(25-21)13-5-7-18-19(8-13)28-12-27-18/h1-9H,11-12H2,(H,24,26). The molecule has 1 aromatic heterocycles. The van der Waals surface area contributed by atoms with Gasteiger partial charge in [0.15, 0.2) is 11.5 Å². The number of aromatic nitrogens is 1. The second-order valence-corrected chi connectivity index (χ2v) is 7.04. The van der Waals surface area contributed by atoms with Crippen molar-refractivity contribution < 1.29 is 18.7 Å². The van der Waals surface area contributed by atoms with Gasteiger partial charge in [0.1, 0.15) is 16.9 Å². The maximum Gasteiger partial charge on any atom is 0.234 e. The van der Waals surface area contributed by atoms with Crippen LogP contribution in [0.5, 0.6) is 11.5 Å². The minimum atomic E-state index is -0.430. The van der Waals surface area contributed by atoms with Crippen LogP contribution in [0.1, 0.15) is 5.56 Å². The summed E-state index contributed by atoms with van der Waals surface area (Å²) in [5.41, 5.74) is 2.20. The summed E-state index contributed by atoms with van der Waals surface area (Å²) in [7, 11) is 0. The van der Waals surface area contributed by atoms with Gasteiger partial charge in [0.2, 0.25) is 12.7 Å². The van der Waals surface area contributed by atoms with Gasteiger partial charge in [0.25, 0.3) is 0 Å². The first-order chi connectivity index (χ1) is 14.1. The Balaban J connectivity index is 1.50. The maximum absolute atomic E-state index is 13.2. The van der Waals surface area contributed by atoms with E-state index in [1.807, 2.05) is 12.1 Å². The summed E-state index contributed by atoms with van der Waals surface area (Å²) in [6.45, 7) is 0.182. The SMILES string of the molecule is N#Cc1ccc(-c2ccc3c(c2)OCO3)nc1SCC(=O)Nc1cccc(F)c1. The molecule has 0 radical (unpaired) electrons. The molecule has 0 saturated heterocycles. The smallest absolute Gasteiger partial charge is 0.234 e. The number of halogens is 1. The van der Waals surface area contributed by atoms with Crippen LogP contribution in [0.15, 0.2) is 59.6 Å². The van der Waals surface area contributed by atoms with Gasteiger partial charge < -0.3 is 14.8 Å². The van der Waals surface area contributed by atoms with E-state index in [9.17, 15) is 14.4 Å². The third kappa shape index (κ3) is 4.31. The Hall–Kier alpha value is -3.57. The summed E-state index contributed by atoms with van der Waals surface area (Å²) >= 11 is 1.14. The predicted octanol–water partition coefficient (Wildman–Crippen LogP) is 4.22. The van der Waals surface area contributed by atoms with Crippen molar-refractivity contribution in [3.8, 4) is 28.8 Å². The number of carbonyl (C=O) groups is 1. The highest BCUT2D eigenvalue weighted by atomic mass is 32.2. The number of thioether (sulfide) groups is 1. The van der Waals surface area contributed by atoms with Crippen molar-refractivity contribution in [3.63, 3.8) is 0 Å². The van der Waals surface area contributed by atoms with E-state index >= 15 is 0 Å². The zero-order valence-corrected chi connectivity index (χ0v) is 15.8. The number of hydrogen-bond donors (Lipinski definition) is 1. The largest absolute Gasteiger partial charge is 0.454 e. The predicted molar refractivity (Wildman–Crippen MR) is 106 cm³/mol. The number of nitriles is 1. The normalized spacial score (nSPS) is 11.7. The van der Waals surface area contributed by atoms with E-state index in [4.69, 9.17) is 9.47 Å². The monoisotopic (exact) mass is 407 g/mol. The van der Waals surface area contributed by atoms with Crippen molar-refractivity contribution in [1.82, 2.24) is 4.98 Å². The quantitative estimate of drug-likeness (QED) is 0.638. The molecule has 0 saturated carbocycles. The zero-order valence-electron chi connectivity index (χ0n) is 15.0. The number of amides is 1. The Morgan fingerprint density at radius 1 is 1.17 bits per heavy atom. The minimum Gasteiger partial charge on any atom is -0.454 e. The molecule has 1 amide bonds. The molecule has 2 heterocycles. The van der Waals surface area contributed by atoms with E-state index in [2.05, 4.69) is 16.4 Å². The van der Waals surface area contributed by atoms with Crippen LogP contribution in [0.4, 0.5) is 10.1 Å². The lowest BCUT2D eigenvalue weighted by molar-refractivity contribution is -0.113. The summed E-state index contributed by atoms with van der Waals surface area (Å²) in [5, 5.41) is 12.4. The molecule has 0 bridgehead atoms. The highest BCUT2D eigenvalue weighted by Crippen LogP contribution is 2.36. The highest BCUT2D eigenvalue weighted by molar-refractivity contribution is 8.00. The van der Waals surface area contributed by atoms with E-state index in [1.54, 1.807) is 24.3 Å². The summed E-state index contributed by atoms with van der Waals surface area (Å²) in [6.07, 6.45) is 0. The fourth-order valence-corrected chi connectivity index (χ4v) is 3.52. The summed E-state index contributed by atoms with van der Waals surface area (Å²) in [4.78, 5) is 16.7. The zero-order chi connectivity index (χ0) is 20.2. The van der Waals surface area contributed by atoms with Gasteiger partial charge in [0, 0.05) is 11.3 Å². The van der Waals surface area contributed by atoms with E-state index < -0.39 is 5.82 Å². The Morgan fingerprint density at radius 3 is 2.86 bits per heavy atom. The Bertz CT molecular complexity index is 1130. The van der Waals surface area contributed by atoms with Gasteiger partial charge >= 0.3 is 0 Å². The van der Waals surface area contributed by atoms with Crippen LogP contribution in [0.25, 0.3) is 11.3 Å². The molecule has 0 fully saturated rings. The molecule has 0 spiro atoms. The van der Waals surface area contributed by atoms with Gasteiger partial charge in [-0.2, -0.15) is 5.26 Å². The number of pyridine rings is 1. The molecule has 6 nitrogen and oxygen atoms in total. The van der Waals surface area contributed by atoms with Crippen LogP contribution in [0, 0.1) is 17.1 Å². The average molecular weight is 407 g/mol. The van der Waals surface area contributed by atoms with Crippen LogP contribution in [0.2, 0.25) is 0 Å². The topological polar surface area (TPSA) is 84.2 Å². The van der Waals surface area contributed by atoms with Gasteiger partial charge in [-0.3, -0.25) is 4.79 Å².